The molecule has 0 radical (unpaired) electrons. The summed E-state index contributed by atoms with van der Waals surface area (Å²) in [5, 5.41) is 0. The van der Waals surface area contributed by atoms with Crippen LogP contribution in [-0.2, 0) is 13.8 Å². The minimum Gasteiger partial charge on any atom is -0.313 e. The summed E-state index contributed by atoms with van der Waals surface area (Å²) in [6.07, 6.45) is -0.104. The van der Waals surface area contributed by atoms with Gasteiger partial charge in [0.2, 0.25) is 15.0 Å². The molecule has 0 N–H and O–H groups in total. The van der Waals surface area contributed by atoms with E-state index in [1.54, 1.807) is 4.90 Å². The van der Waals surface area contributed by atoms with Gasteiger partial charge in [-0.15, -0.1) is 0 Å². The predicted molar refractivity (Wildman–Crippen MR) is 73.5 cm³/mol. The van der Waals surface area contributed by atoms with E-state index in [0.29, 0.717) is 6.54 Å². The van der Waals surface area contributed by atoms with Crippen LogP contribution in [0.15, 0.2) is 24.3 Å². The lowest BCUT2D eigenvalue weighted by Crippen LogP contribution is -2.31. The van der Waals surface area contributed by atoms with E-state index >= 15 is 0 Å². The highest BCUT2D eigenvalue weighted by atomic mass is 35.7. The molecule has 0 aliphatic carbocycles. The van der Waals surface area contributed by atoms with Crippen LogP contribution in [0, 0.1) is 6.92 Å². The third kappa shape index (κ3) is 4.66. The van der Waals surface area contributed by atoms with Crippen LogP contribution in [0.5, 0.6) is 0 Å². The maximum Gasteiger partial charge on any atom is 0.233 e. The van der Waals surface area contributed by atoms with E-state index in [0.717, 1.165) is 11.3 Å². The number of hydrogen-bond donors (Lipinski definition) is 0. The Morgan fingerprint density at radius 1 is 1.39 bits per heavy atom. The molecular weight excluding hydrogens is 274 g/mol. The van der Waals surface area contributed by atoms with E-state index in [-0.39, 0.29) is 18.1 Å². The Labute approximate surface area is 112 Å². The van der Waals surface area contributed by atoms with Crippen molar-refractivity contribution in [3.63, 3.8) is 0 Å². The number of carbonyl (C=O) groups excluding carboxylic acids is 1. The van der Waals surface area contributed by atoms with Gasteiger partial charge in [0, 0.05) is 29.3 Å². The van der Waals surface area contributed by atoms with Gasteiger partial charge >= 0.3 is 0 Å². The van der Waals surface area contributed by atoms with Gasteiger partial charge in [-0.1, -0.05) is 12.1 Å². The molecule has 0 atom stereocenters. The number of aryl methyl sites for hydroxylation is 1. The number of halogens is 1. The highest BCUT2D eigenvalue weighted by Gasteiger charge is 2.16. The molecule has 0 saturated heterocycles. The lowest BCUT2D eigenvalue weighted by Gasteiger charge is -2.21. The number of anilines is 1. The fourth-order valence-corrected chi connectivity index (χ4v) is 2.29. The molecule has 1 aromatic carbocycles. The van der Waals surface area contributed by atoms with E-state index in [1.807, 2.05) is 38.1 Å². The smallest absolute Gasteiger partial charge is 0.233 e. The molecule has 100 valence electrons. The lowest BCUT2D eigenvalue weighted by molar-refractivity contribution is -0.118. The van der Waals surface area contributed by atoms with Crippen molar-refractivity contribution in [2.45, 2.75) is 20.3 Å². The van der Waals surface area contributed by atoms with Crippen molar-refractivity contribution in [2.75, 3.05) is 17.2 Å². The normalized spacial score (nSPS) is 11.3. The van der Waals surface area contributed by atoms with Gasteiger partial charge in [0.1, 0.15) is 0 Å². The third-order valence-corrected chi connectivity index (χ3v) is 3.65. The molecule has 0 heterocycles. The molecule has 0 bridgehead atoms. The molecular formula is C12H16ClNO3S. The fourth-order valence-electron chi connectivity index (χ4n) is 1.64. The van der Waals surface area contributed by atoms with Crippen LogP contribution < -0.4 is 4.90 Å². The number of carbonyl (C=O) groups is 1. The van der Waals surface area contributed by atoms with Crippen LogP contribution in [-0.4, -0.2) is 26.6 Å². The maximum absolute atomic E-state index is 11.9. The zero-order valence-electron chi connectivity index (χ0n) is 10.4. The molecule has 6 heteroatoms. The highest BCUT2D eigenvalue weighted by molar-refractivity contribution is 8.13. The van der Waals surface area contributed by atoms with Crippen molar-refractivity contribution in [2.24, 2.45) is 0 Å². The van der Waals surface area contributed by atoms with Crippen molar-refractivity contribution >= 4 is 31.3 Å². The average molecular weight is 290 g/mol. The quantitative estimate of drug-likeness (QED) is 0.782. The second-order valence-corrected chi connectivity index (χ2v) is 6.87. The van der Waals surface area contributed by atoms with Crippen molar-refractivity contribution in [1.29, 1.82) is 0 Å². The van der Waals surface area contributed by atoms with Gasteiger partial charge in [0.05, 0.1) is 5.75 Å². The van der Waals surface area contributed by atoms with Crippen LogP contribution >= 0.6 is 10.7 Å². The van der Waals surface area contributed by atoms with E-state index in [4.69, 9.17) is 10.7 Å². The topological polar surface area (TPSA) is 54.5 Å². The number of amides is 1. The molecule has 1 amide bonds. The van der Waals surface area contributed by atoms with Gasteiger partial charge in [-0.25, -0.2) is 8.42 Å². The predicted octanol–water partition coefficient (Wildman–Crippen LogP) is 2.31. The minimum atomic E-state index is -3.63. The molecule has 0 aliphatic rings. The largest absolute Gasteiger partial charge is 0.313 e. The van der Waals surface area contributed by atoms with Crippen molar-refractivity contribution in [1.82, 2.24) is 0 Å². The first-order chi connectivity index (χ1) is 8.33. The Morgan fingerprint density at radius 2 is 2.06 bits per heavy atom. The van der Waals surface area contributed by atoms with Gasteiger partial charge in [0.25, 0.3) is 0 Å². The molecule has 0 saturated carbocycles. The van der Waals surface area contributed by atoms with Crippen molar-refractivity contribution < 1.29 is 13.2 Å². The second-order valence-electron chi connectivity index (χ2n) is 3.97. The van der Waals surface area contributed by atoms with Crippen LogP contribution in [0.4, 0.5) is 5.69 Å². The Morgan fingerprint density at radius 3 is 2.56 bits per heavy atom. The average Bonchev–Trinajstić information content (AvgIpc) is 2.26. The van der Waals surface area contributed by atoms with Gasteiger partial charge in [-0.2, -0.15) is 0 Å². The summed E-state index contributed by atoms with van der Waals surface area (Å²) < 4.78 is 21.7. The van der Waals surface area contributed by atoms with Crippen molar-refractivity contribution in [3.05, 3.63) is 29.8 Å². The summed E-state index contributed by atoms with van der Waals surface area (Å²) in [5.74, 6) is -0.581. The fraction of sp³-hybridized carbons (Fsp3) is 0.417. The van der Waals surface area contributed by atoms with Gasteiger partial charge < -0.3 is 4.90 Å². The zero-order valence-corrected chi connectivity index (χ0v) is 12.0. The molecule has 4 nitrogen and oxygen atoms in total. The van der Waals surface area contributed by atoms with E-state index in [2.05, 4.69) is 0 Å². The number of nitrogens with zero attached hydrogens (tertiary/aromatic N) is 1. The second kappa shape index (κ2) is 6.20. The van der Waals surface area contributed by atoms with Gasteiger partial charge in [0.15, 0.2) is 0 Å². The Kier molecular flexibility index (Phi) is 5.16. The molecule has 0 unspecified atom stereocenters. The van der Waals surface area contributed by atoms with Gasteiger partial charge in [-0.05, 0) is 31.5 Å². The first-order valence-corrected chi connectivity index (χ1v) is 8.10. The molecule has 1 aromatic rings. The summed E-state index contributed by atoms with van der Waals surface area (Å²) in [7, 11) is 1.47. The zero-order chi connectivity index (χ0) is 13.8. The first-order valence-electron chi connectivity index (χ1n) is 5.63. The van der Waals surface area contributed by atoms with Crippen LogP contribution in [0.25, 0.3) is 0 Å². The lowest BCUT2D eigenvalue weighted by atomic mass is 10.2. The molecule has 0 aromatic heterocycles. The van der Waals surface area contributed by atoms with E-state index in [9.17, 15) is 13.2 Å². The van der Waals surface area contributed by atoms with E-state index < -0.39 is 9.05 Å². The molecule has 0 aliphatic heterocycles. The third-order valence-electron chi connectivity index (χ3n) is 2.49. The highest BCUT2D eigenvalue weighted by Crippen LogP contribution is 2.17. The van der Waals surface area contributed by atoms with Gasteiger partial charge in [-0.3, -0.25) is 4.79 Å². The standard InChI is InChI=1S/C12H16ClNO3S/c1-3-14(11-6-4-5-10(2)9-11)12(15)7-8-18(13,16)17/h4-6,9H,3,7-8H2,1-2H3. The minimum absolute atomic E-state index is 0.104. The Balaban J connectivity index is 2.81. The van der Waals surface area contributed by atoms with Crippen LogP contribution in [0.2, 0.25) is 0 Å². The van der Waals surface area contributed by atoms with Crippen LogP contribution in [0.1, 0.15) is 18.9 Å². The number of benzene rings is 1. The summed E-state index contributed by atoms with van der Waals surface area (Å²) in [6.45, 7) is 4.27. The SMILES string of the molecule is CCN(C(=O)CCS(=O)(=O)Cl)c1cccc(C)c1. The maximum atomic E-state index is 11.9. The number of hydrogen-bond acceptors (Lipinski definition) is 3. The summed E-state index contributed by atoms with van der Waals surface area (Å²) in [5.41, 5.74) is 1.82. The van der Waals surface area contributed by atoms with Crippen LogP contribution in [0.3, 0.4) is 0 Å². The first kappa shape index (κ1) is 15.0. The molecule has 18 heavy (non-hydrogen) atoms. The summed E-state index contributed by atoms with van der Waals surface area (Å²) in [4.78, 5) is 13.5. The Hall–Kier alpha value is -1.07. The molecule has 0 spiro atoms. The number of rotatable bonds is 5. The Bertz CT molecular complexity index is 528. The summed E-state index contributed by atoms with van der Waals surface area (Å²) in [6, 6.07) is 7.50. The van der Waals surface area contributed by atoms with E-state index in [1.165, 1.54) is 0 Å². The monoisotopic (exact) mass is 289 g/mol. The summed E-state index contributed by atoms with van der Waals surface area (Å²) >= 11 is 0. The molecule has 1 rings (SSSR count). The molecule has 0 fully saturated rings. The van der Waals surface area contributed by atoms with Crippen molar-refractivity contribution in [3.8, 4) is 0 Å².